The number of anilines is 4. The van der Waals surface area contributed by atoms with Gasteiger partial charge in [0.25, 0.3) is 6.71 Å². The van der Waals surface area contributed by atoms with Gasteiger partial charge in [0.2, 0.25) is 5.79 Å². The highest BCUT2D eigenvalue weighted by Crippen LogP contribution is 2.65. The second-order valence-corrected chi connectivity index (χ2v) is 15.3. The van der Waals surface area contributed by atoms with E-state index >= 15 is 8.78 Å². The van der Waals surface area contributed by atoms with E-state index in [4.69, 9.17) is 0 Å². The minimum atomic E-state index is -2.07. The number of hydrogen-bond donors (Lipinski definition) is 0. The van der Waals surface area contributed by atoms with Gasteiger partial charge in [0.1, 0.15) is 0 Å². The summed E-state index contributed by atoms with van der Waals surface area (Å²) in [6.45, 7) is 11.7. The zero-order valence-electron chi connectivity index (χ0n) is 25.0. The maximum Gasteiger partial charge on any atom is 0.252 e. The molecular formula is C36H39BF2N2. The van der Waals surface area contributed by atoms with Crippen molar-refractivity contribution in [3.63, 3.8) is 0 Å². The summed E-state index contributed by atoms with van der Waals surface area (Å²) < 4.78 is 35.0. The van der Waals surface area contributed by atoms with Crippen LogP contribution in [0.15, 0.2) is 48.5 Å². The maximum absolute atomic E-state index is 17.7. The Morgan fingerprint density at radius 2 is 1.32 bits per heavy atom. The molecule has 2 fully saturated rings. The molecule has 9 rings (SSSR count). The van der Waals surface area contributed by atoms with Crippen molar-refractivity contribution in [2.75, 3.05) is 9.80 Å². The zero-order chi connectivity index (χ0) is 28.3. The largest absolute Gasteiger partial charge is 0.335 e. The minimum Gasteiger partial charge on any atom is -0.335 e. The minimum absolute atomic E-state index is 0.0360. The Morgan fingerprint density at radius 3 is 2.02 bits per heavy atom. The third-order valence-corrected chi connectivity index (χ3v) is 12.5. The first-order valence-corrected chi connectivity index (χ1v) is 15.9. The van der Waals surface area contributed by atoms with Crippen molar-refractivity contribution in [3.8, 4) is 0 Å². The van der Waals surface area contributed by atoms with Gasteiger partial charge >= 0.3 is 0 Å². The van der Waals surface area contributed by atoms with Crippen LogP contribution >= 0.6 is 0 Å². The molecule has 0 bridgehead atoms. The zero-order valence-corrected chi connectivity index (χ0v) is 25.0. The number of para-hydroxylation sites is 2. The molecule has 41 heavy (non-hydrogen) atoms. The van der Waals surface area contributed by atoms with Crippen molar-refractivity contribution in [1.29, 1.82) is 0 Å². The summed E-state index contributed by atoms with van der Waals surface area (Å²) in [5.41, 5.74) is 8.86. The molecule has 5 heteroatoms. The van der Waals surface area contributed by atoms with E-state index in [-0.39, 0.29) is 35.9 Å². The van der Waals surface area contributed by atoms with Crippen LogP contribution < -0.4 is 26.2 Å². The maximum atomic E-state index is 17.7. The second-order valence-electron chi connectivity index (χ2n) is 15.3. The summed E-state index contributed by atoms with van der Waals surface area (Å²) in [6.07, 6.45) is 6.65. The van der Waals surface area contributed by atoms with Gasteiger partial charge in [-0.05, 0) is 84.1 Å². The lowest BCUT2D eigenvalue weighted by Gasteiger charge is -2.53. The summed E-state index contributed by atoms with van der Waals surface area (Å²) in [5.74, 6) is -2.07. The third-order valence-electron chi connectivity index (χ3n) is 12.5. The quantitative estimate of drug-likeness (QED) is 0.213. The molecule has 0 radical (unpaired) electrons. The molecule has 4 unspecified atom stereocenters. The van der Waals surface area contributed by atoms with Crippen molar-refractivity contribution in [2.24, 2.45) is 0 Å². The van der Waals surface area contributed by atoms with Crippen LogP contribution in [-0.4, -0.2) is 18.0 Å². The molecule has 2 saturated carbocycles. The van der Waals surface area contributed by atoms with Crippen molar-refractivity contribution in [3.05, 3.63) is 65.2 Å². The summed E-state index contributed by atoms with van der Waals surface area (Å²) in [5, 5.41) is 0. The highest BCUT2D eigenvalue weighted by molar-refractivity contribution is 7.00. The van der Waals surface area contributed by atoms with E-state index in [0.717, 1.165) is 29.7 Å². The molecule has 4 atom stereocenters. The van der Waals surface area contributed by atoms with Crippen LogP contribution in [0.25, 0.3) is 0 Å². The van der Waals surface area contributed by atoms with Crippen molar-refractivity contribution in [2.45, 2.75) is 114 Å². The average Bonchev–Trinajstić information content (AvgIpc) is 3.29. The topological polar surface area (TPSA) is 6.48 Å². The van der Waals surface area contributed by atoms with Crippen molar-refractivity contribution in [1.82, 2.24) is 0 Å². The number of fused-ring (bicyclic) bond motifs is 10. The Bertz CT molecular complexity index is 1580. The van der Waals surface area contributed by atoms with Crippen LogP contribution in [0.5, 0.6) is 0 Å². The molecule has 0 amide bonds. The van der Waals surface area contributed by atoms with Crippen LogP contribution in [0.2, 0.25) is 0 Å². The SMILES string of the molecule is CC(C)(C)c1cc2c3c(c1)N1c4c(cccc4C4(F)CCCCC14F)B3c1cccc3c1N2C1(C)CCCCC31C. The molecule has 2 nitrogen and oxygen atoms in total. The first kappa shape index (κ1) is 24.8. The van der Waals surface area contributed by atoms with Gasteiger partial charge in [-0.1, -0.05) is 76.9 Å². The van der Waals surface area contributed by atoms with Gasteiger partial charge in [-0.15, -0.1) is 0 Å². The molecule has 0 spiro atoms. The molecular weight excluding hydrogens is 509 g/mol. The highest BCUT2D eigenvalue weighted by atomic mass is 19.2. The fourth-order valence-electron chi connectivity index (χ4n) is 10.2. The van der Waals surface area contributed by atoms with Gasteiger partial charge in [-0.25, -0.2) is 8.78 Å². The number of hydrogen-bond acceptors (Lipinski definition) is 2. The summed E-state index contributed by atoms with van der Waals surface area (Å²) >= 11 is 0. The van der Waals surface area contributed by atoms with Gasteiger partial charge in [0, 0.05) is 40.1 Å². The fraction of sp³-hybridized carbons (Fsp3) is 0.500. The van der Waals surface area contributed by atoms with E-state index in [1.807, 2.05) is 17.0 Å². The molecule has 0 saturated heterocycles. The van der Waals surface area contributed by atoms with E-state index in [2.05, 4.69) is 75.9 Å². The lowest BCUT2D eigenvalue weighted by molar-refractivity contribution is -0.0615. The predicted molar refractivity (Wildman–Crippen MR) is 166 cm³/mol. The molecule has 3 aromatic rings. The molecule has 6 aliphatic rings. The number of alkyl halides is 2. The lowest BCUT2D eigenvalue weighted by Crippen LogP contribution is -2.66. The number of halogens is 2. The van der Waals surface area contributed by atoms with E-state index in [0.29, 0.717) is 12.0 Å². The summed E-state index contributed by atoms with van der Waals surface area (Å²) in [4.78, 5) is 4.54. The average molecular weight is 549 g/mol. The molecule has 0 aromatic heterocycles. The Morgan fingerprint density at radius 1 is 0.732 bits per heavy atom. The molecule has 0 N–H and O–H groups in total. The van der Waals surface area contributed by atoms with Crippen LogP contribution in [-0.2, 0) is 16.5 Å². The first-order valence-electron chi connectivity index (χ1n) is 15.9. The normalized spacial score (nSPS) is 33.7. The van der Waals surface area contributed by atoms with Crippen molar-refractivity contribution < 1.29 is 8.78 Å². The second kappa shape index (κ2) is 7.21. The van der Waals surface area contributed by atoms with Gasteiger partial charge in [-0.3, -0.25) is 0 Å². The molecule has 2 aliphatic carbocycles. The van der Waals surface area contributed by atoms with Crippen LogP contribution in [0.4, 0.5) is 31.5 Å². The van der Waals surface area contributed by atoms with E-state index in [1.165, 1.54) is 52.7 Å². The Balaban J connectivity index is 1.45. The number of benzene rings is 3. The van der Waals surface area contributed by atoms with Gasteiger partial charge in [-0.2, -0.15) is 0 Å². The molecule has 210 valence electrons. The predicted octanol–water partition coefficient (Wildman–Crippen LogP) is 7.43. The molecule has 4 heterocycles. The smallest absolute Gasteiger partial charge is 0.252 e. The standard InChI is InChI=1S/C36H39BF2N2/c1-32(2,3)22-20-27-29-28(21-22)41-31-24(35(38)18-8-9-19-36(35,41)39)13-11-15-26(31)37(29)25-14-10-12-23-30(25)40(27)34(5)17-7-6-16-33(23,34)4/h10-15,20-21H,6-9,16-19H2,1-5H3. The monoisotopic (exact) mass is 548 g/mol. The fourth-order valence-corrected chi connectivity index (χ4v) is 10.2. The number of rotatable bonds is 0. The first-order chi connectivity index (χ1) is 19.5. The molecule has 4 aliphatic heterocycles. The van der Waals surface area contributed by atoms with Gasteiger partial charge < -0.3 is 9.80 Å². The Hall–Kier alpha value is -2.82. The third kappa shape index (κ3) is 2.52. The summed E-state index contributed by atoms with van der Waals surface area (Å²) in [7, 11) is 0. The van der Waals surface area contributed by atoms with Gasteiger partial charge in [0.15, 0.2) is 5.67 Å². The van der Waals surface area contributed by atoms with Crippen molar-refractivity contribution >= 4 is 45.9 Å². The van der Waals surface area contributed by atoms with E-state index < -0.39 is 11.5 Å². The molecule has 3 aromatic carbocycles. The number of nitrogens with zero attached hydrogens (tertiary/aromatic N) is 2. The van der Waals surface area contributed by atoms with Crippen LogP contribution in [0.1, 0.15) is 103 Å². The Kier molecular flexibility index (Phi) is 4.35. The Labute approximate surface area is 243 Å². The van der Waals surface area contributed by atoms with Crippen LogP contribution in [0, 0.1) is 0 Å². The van der Waals surface area contributed by atoms with Crippen LogP contribution in [0.3, 0.4) is 0 Å². The lowest BCUT2D eigenvalue weighted by atomic mass is 9.33. The van der Waals surface area contributed by atoms with Gasteiger partial charge in [0.05, 0.1) is 5.54 Å². The summed E-state index contributed by atoms with van der Waals surface area (Å²) in [6, 6.07) is 17.6. The highest BCUT2D eigenvalue weighted by Gasteiger charge is 2.69. The van der Waals surface area contributed by atoms with E-state index in [9.17, 15) is 0 Å². The van der Waals surface area contributed by atoms with E-state index in [1.54, 1.807) is 0 Å².